The molecular weight excluding hydrogens is 347 g/mol. The lowest BCUT2D eigenvalue weighted by atomic mass is 9.99. The lowest BCUT2D eigenvalue weighted by molar-refractivity contribution is -0.148. The Kier molecular flexibility index (Phi) is 6.23. The standard InChI is InChI=1S/C20H27FN4O2/c1-23(2)14-18-20(16-12-22-24(3)13-16)25(9-10-27-18)19(26)8-7-15-5-4-6-17(21)11-15/h4-6,11-13,18,20H,7-10,14H2,1-3H3/t18-,20-/m0/s1. The number of morpholine rings is 1. The molecule has 0 N–H and O–H groups in total. The molecule has 0 bridgehead atoms. The fourth-order valence-electron chi connectivity index (χ4n) is 3.60. The molecule has 1 fully saturated rings. The van der Waals surface area contributed by atoms with Crippen LogP contribution >= 0.6 is 0 Å². The summed E-state index contributed by atoms with van der Waals surface area (Å²) >= 11 is 0. The Morgan fingerprint density at radius 3 is 2.89 bits per heavy atom. The van der Waals surface area contributed by atoms with Gasteiger partial charge in [-0.25, -0.2) is 4.39 Å². The van der Waals surface area contributed by atoms with E-state index in [0.717, 1.165) is 11.1 Å². The van der Waals surface area contributed by atoms with Gasteiger partial charge in [-0.15, -0.1) is 0 Å². The average Bonchev–Trinajstić information content (AvgIpc) is 3.05. The van der Waals surface area contributed by atoms with Crippen LogP contribution in [0, 0.1) is 5.82 Å². The van der Waals surface area contributed by atoms with E-state index in [1.807, 2.05) is 38.3 Å². The highest BCUT2D eigenvalue weighted by Gasteiger charge is 2.37. The molecule has 1 aromatic carbocycles. The SMILES string of the molecule is CN(C)C[C@@H]1OCCN(C(=O)CCc2cccc(F)c2)[C@H]1c1cnn(C)c1. The van der Waals surface area contributed by atoms with Gasteiger partial charge in [-0.2, -0.15) is 5.10 Å². The summed E-state index contributed by atoms with van der Waals surface area (Å²) < 4.78 is 21.1. The van der Waals surface area contributed by atoms with Crippen LogP contribution in [0.2, 0.25) is 0 Å². The lowest BCUT2D eigenvalue weighted by Crippen LogP contribution is -2.51. The van der Waals surface area contributed by atoms with Crippen LogP contribution in [0.3, 0.4) is 0 Å². The third kappa shape index (κ3) is 4.93. The summed E-state index contributed by atoms with van der Waals surface area (Å²) in [5.74, 6) is -0.217. The number of likely N-dealkylation sites (N-methyl/N-ethyl adjacent to an activating group) is 1. The average molecular weight is 374 g/mol. The van der Waals surface area contributed by atoms with Crippen molar-refractivity contribution in [2.75, 3.05) is 33.8 Å². The van der Waals surface area contributed by atoms with Crippen LogP contribution in [0.15, 0.2) is 36.7 Å². The number of nitrogens with zero attached hydrogens (tertiary/aromatic N) is 4. The lowest BCUT2D eigenvalue weighted by Gasteiger charge is -2.42. The molecule has 1 aliphatic heterocycles. The number of hydrogen-bond acceptors (Lipinski definition) is 4. The molecule has 1 aliphatic rings. The molecule has 27 heavy (non-hydrogen) atoms. The quantitative estimate of drug-likeness (QED) is 0.776. The highest BCUT2D eigenvalue weighted by atomic mass is 19.1. The summed E-state index contributed by atoms with van der Waals surface area (Å²) in [6.07, 6.45) is 4.49. The summed E-state index contributed by atoms with van der Waals surface area (Å²) in [5, 5.41) is 4.27. The number of amides is 1. The number of benzene rings is 1. The number of ether oxygens (including phenoxy) is 1. The predicted molar refractivity (Wildman–Crippen MR) is 101 cm³/mol. The first-order valence-electron chi connectivity index (χ1n) is 9.23. The van der Waals surface area contributed by atoms with Crippen LogP contribution in [-0.4, -0.2) is 65.4 Å². The fraction of sp³-hybridized carbons (Fsp3) is 0.500. The minimum Gasteiger partial charge on any atom is -0.373 e. The number of carbonyl (C=O) groups is 1. The Morgan fingerprint density at radius 1 is 1.41 bits per heavy atom. The Bertz CT molecular complexity index is 777. The van der Waals surface area contributed by atoms with E-state index in [2.05, 4.69) is 10.00 Å². The maximum Gasteiger partial charge on any atom is 0.223 e. The smallest absolute Gasteiger partial charge is 0.223 e. The van der Waals surface area contributed by atoms with E-state index in [1.54, 1.807) is 16.9 Å². The zero-order chi connectivity index (χ0) is 19.4. The van der Waals surface area contributed by atoms with E-state index >= 15 is 0 Å². The van der Waals surface area contributed by atoms with E-state index in [1.165, 1.54) is 12.1 Å². The van der Waals surface area contributed by atoms with Gasteiger partial charge in [-0.05, 0) is 38.2 Å². The van der Waals surface area contributed by atoms with Crippen LogP contribution in [0.5, 0.6) is 0 Å². The van der Waals surface area contributed by atoms with Crippen molar-refractivity contribution in [1.29, 1.82) is 0 Å². The third-order valence-corrected chi connectivity index (χ3v) is 4.80. The molecule has 0 saturated carbocycles. The first kappa shape index (κ1) is 19.5. The summed E-state index contributed by atoms with van der Waals surface area (Å²) in [5.41, 5.74) is 1.81. The van der Waals surface area contributed by atoms with Gasteiger partial charge in [-0.3, -0.25) is 9.48 Å². The van der Waals surface area contributed by atoms with Gasteiger partial charge in [-0.1, -0.05) is 12.1 Å². The van der Waals surface area contributed by atoms with E-state index in [4.69, 9.17) is 4.74 Å². The molecule has 0 spiro atoms. The Morgan fingerprint density at radius 2 is 2.22 bits per heavy atom. The van der Waals surface area contributed by atoms with Gasteiger partial charge in [0.25, 0.3) is 0 Å². The molecule has 0 radical (unpaired) electrons. The van der Waals surface area contributed by atoms with Crippen molar-refractivity contribution in [2.45, 2.75) is 25.0 Å². The first-order chi connectivity index (χ1) is 12.9. The molecular formula is C20H27FN4O2. The van der Waals surface area contributed by atoms with Crippen LogP contribution in [0.4, 0.5) is 4.39 Å². The molecule has 146 valence electrons. The number of aryl methyl sites for hydroxylation is 2. The zero-order valence-electron chi connectivity index (χ0n) is 16.1. The fourth-order valence-corrected chi connectivity index (χ4v) is 3.60. The van der Waals surface area contributed by atoms with Gasteiger partial charge in [0.2, 0.25) is 5.91 Å². The Labute approximate surface area is 159 Å². The second-order valence-electron chi connectivity index (χ2n) is 7.28. The number of hydrogen-bond donors (Lipinski definition) is 0. The van der Waals surface area contributed by atoms with Gasteiger partial charge in [0.15, 0.2) is 0 Å². The highest BCUT2D eigenvalue weighted by molar-refractivity contribution is 5.77. The van der Waals surface area contributed by atoms with Gasteiger partial charge in [0.1, 0.15) is 5.82 Å². The minimum absolute atomic E-state index is 0.0557. The summed E-state index contributed by atoms with van der Waals surface area (Å²) in [6, 6.07) is 6.26. The zero-order valence-corrected chi connectivity index (χ0v) is 16.1. The summed E-state index contributed by atoms with van der Waals surface area (Å²) in [6.45, 7) is 1.78. The molecule has 2 aromatic rings. The van der Waals surface area contributed by atoms with E-state index in [0.29, 0.717) is 32.5 Å². The third-order valence-electron chi connectivity index (χ3n) is 4.80. The monoisotopic (exact) mass is 374 g/mol. The summed E-state index contributed by atoms with van der Waals surface area (Å²) in [7, 11) is 5.85. The molecule has 0 unspecified atom stereocenters. The van der Waals surface area contributed by atoms with Gasteiger partial charge < -0.3 is 14.5 Å². The van der Waals surface area contributed by atoms with Crippen molar-refractivity contribution >= 4 is 5.91 Å². The highest BCUT2D eigenvalue weighted by Crippen LogP contribution is 2.30. The molecule has 1 amide bonds. The van der Waals surface area contributed by atoms with Gasteiger partial charge in [0, 0.05) is 38.3 Å². The number of carbonyl (C=O) groups excluding carboxylic acids is 1. The number of halogens is 1. The van der Waals surface area contributed by atoms with Crippen LogP contribution < -0.4 is 0 Å². The van der Waals surface area contributed by atoms with Crippen molar-refractivity contribution in [3.63, 3.8) is 0 Å². The van der Waals surface area contributed by atoms with Crippen molar-refractivity contribution in [2.24, 2.45) is 7.05 Å². The molecule has 3 rings (SSSR count). The van der Waals surface area contributed by atoms with E-state index < -0.39 is 0 Å². The molecule has 2 atom stereocenters. The van der Waals surface area contributed by atoms with Crippen LogP contribution in [0.25, 0.3) is 0 Å². The second-order valence-corrected chi connectivity index (χ2v) is 7.28. The second kappa shape index (κ2) is 8.63. The van der Waals surface area contributed by atoms with Gasteiger partial charge in [0.05, 0.1) is 24.9 Å². The van der Waals surface area contributed by atoms with Crippen LogP contribution in [-0.2, 0) is 23.0 Å². The maximum atomic E-state index is 13.4. The number of rotatable bonds is 6. The van der Waals surface area contributed by atoms with E-state index in [-0.39, 0.29) is 23.9 Å². The molecule has 1 saturated heterocycles. The largest absolute Gasteiger partial charge is 0.373 e. The van der Waals surface area contributed by atoms with Gasteiger partial charge >= 0.3 is 0 Å². The topological polar surface area (TPSA) is 50.6 Å². The minimum atomic E-state index is -0.273. The Balaban J connectivity index is 1.76. The molecule has 0 aliphatic carbocycles. The maximum absolute atomic E-state index is 13.4. The molecule has 1 aromatic heterocycles. The predicted octanol–water partition coefficient (Wildman–Crippen LogP) is 2.02. The van der Waals surface area contributed by atoms with Crippen molar-refractivity contribution in [3.05, 3.63) is 53.6 Å². The molecule has 7 heteroatoms. The van der Waals surface area contributed by atoms with Crippen molar-refractivity contribution in [1.82, 2.24) is 19.6 Å². The molecule has 6 nitrogen and oxygen atoms in total. The van der Waals surface area contributed by atoms with Crippen molar-refractivity contribution in [3.8, 4) is 0 Å². The van der Waals surface area contributed by atoms with Crippen molar-refractivity contribution < 1.29 is 13.9 Å². The van der Waals surface area contributed by atoms with Crippen LogP contribution in [0.1, 0.15) is 23.6 Å². The number of aromatic nitrogens is 2. The summed E-state index contributed by atoms with van der Waals surface area (Å²) in [4.78, 5) is 17.0. The normalized spacial score (nSPS) is 20.3. The first-order valence-corrected chi connectivity index (χ1v) is 9.23. The molecule has 2 heterocycles. The van der Waals surface area contributed by atoms with E-state index in [9.17, 15) is 9.18 Å². The Hall–Kier alpha value is -2.25.